The molecule has 0 radical (unpaired) electrons. The summed E-state index contributed by atoms with van der Waals surface area (Å²) in [6.45, 7) is 5.60. The molecular weight excluding hydrogens is 348 g/mol. The van der Waals surface area contributed by atoms with Crippen LogP contribution in [0.1, 0.15) is 34.1 Å². The van der Waals surface area contributed by atoms with E-state index in [1.807, 2.05) is 30.7 Å². The largest absolute Gasteiger partial charge is 0.348 e. The molecule has 0 aliphatic heterocycles. The number of hydrogen-bond donors (Lipinski definition) is 1. The molecule has 0 saturated carbocycles. The molecule has 2 heterocycles. The Morgan fingerprint density at radius 1 is 1.22 bits per heavy atom. The molecule has 3 rings (SSSR count). The molecule has 0 aliphatic rings. The molecule has 1 N–H and O–H groups in total. The Hall–Kier alpha value is -3.49. The van der Waals surface area contributed by atoms with Gasteiger partial charge in [-0.15, -0.1) is 0 Å². The quantitative estimate of drug-likeness (QED) is 0.508. The molecule has 0 unspecified atom stereocenters. The fraction of sp³-hybridized carbons (Fsp3) is 0.278. The van der Waals surface area contributed by atoms with Gasteiger partial charge < -0.3 is 5.32 Å². The molecule has 0 saturated heterocycles. The summed E-state index contributed by atoms with van der Waals surface area (Å²) < 4.78 is 3.37. The standard InChI is InChI=1S/C18H20N6O3/c1-3-23-13(2)16(9-21-23)8-19-18(25)15-6-4-14(5-7-15)11-22-12-17(10-20-22)24(26)27/h4-7,9-10,12H,3,8,11H2,1-2H3,(H,19,25). The van der Waals surface area contributed by atoms with Crippen LogP contribution in [0.2, 0.25) is 0 Å². The molecular formula is C18H20N6O3. The van der Waals surface area contributed by atoms with Crippen molar-refractivity contribution < 1.29 is 9.72 Å². The van der Waals surface area contributed by atoms with Gasteiger partial charge in [-0.3, -0.25) is 24.3 Å². The summed E-state index contributed by atoms with van der Waals surface area (Å²) in [5, 5.41) is 21.8. The van der Waals surface area contributed by atoms with E-state index in [0.29, 0.717) is 18.7 Å². The van der Waals surface area contributed by atoms with Crippen LogP contribution in [-0.4, -0.2) is 30.4 Å². The topological polar surface area (TPSA) is 108 Å². The summed E-state index contributed by atoms with van der Waals surface area (Å²) in [7, 11) is 0. The Kier molecular flexibility index (Phi) is 5.30. The lowest BCUT2D eigenvalue weighted by Crippen LogP contribution is -2.23. The zero-order chi connectivity index (χ0) is 19.4. The van der Waals surface area contributed by atoms with Gasteiger partial charge >= 0.3 is 5.69 Å². The minimum Gasteiger partial charge on any atom is -0.348 e. The smallest absolute Gasteiger partial charge is 0.307 e. The van der Waals surface area contributed by atoms with Crippen molar-refractivity contribution in [3.05, 3.63) is 75.4 Å². The zero-order valence-corrected chi connectivity index (χ0v) is 15.1. The van der Waals surface area contributed by atoms with Gasteiger partial charge in [0.1, 0.15) is 12.4 Å². The number of hydrogen-bond acceptors (Lipinski definition) is 5. The van der Waals surface area contributed by atoms with Crippen LogP contribution in [-0.2, 0) is 19.6 Å². The number of nitrogens with zero attached hydrogens (tertiary/aromatic N) is 5. The predicted molar refractivity (Wildman–Crippen MR) is 98.2 cm³/mol. The Labute approximate surface area is 155 Å². The van der Waals surface area contributed by atoms with E-state index in [9.17, 15) is 14.9 Å². The van der Waals surface area contributed by atoms with E-state index in [2.05, 4.69) is 15.5 Å². The summed E-state index contributed by atoms with van der Waals surface area (Å²) >= 11 is 0. The van der Waals surface area contributed by atoms with E-state index in [0.717, 1.165) is 23.4 Å². The highest BCUT2D eigenvalue weighted by Gasteiger charge is 2.11. The van der Waals surface area contributed by atoms with Crippen molar-refractivity contribution >= 4 is 11.6 Å². The number of nitrogens with one attached hydrogen (secondary N) is 1. The van der Waals surface area contributed by atoms with Gasteiger partial charge in [-0.1, -0.05) is 12.1 Å². The van der Waals surface area contributed by atoms with Gasteiger partial charge in [-0.25, -0.2) is 0 Å². The van der Waals surface area contributed by atoms with E-state index in [1.54, 1.807) is 18.3 Å². The molecule has 9 heteroatoms. The highest BCUT2D eigenvalue weighted by Crippen LogP contribution is 2.12. The third-order valence-corrected chi connectivity index (χ3v) is 4.33. The number of carbonyl (C=O) groups excluding carboxylic acids is 1. The SMILES string of the molecule is CCn1ncc(CNC(=O)c2ccc(Cn3cc([N+](=O)[O-])cn3)cc2)c1C. The van der Waals surface area contributed by atoms with E-state index in [1.165, 1.54) is 17.1 Å². The normalized spacial score (nSPS) is 10.7. The molecule has 0 atom stereocenters. The predicted octanol–water partition coefficient (Wildman–Crippen LogP) is 2.29. The highest BCUT2D eigenvalue weighted by atomic mass is 16.6. The number of aryl methyl sites for hydroxylation is 1. The van der Waals surface area contributed by atoms with Crippen LogP contribution in [0.3, 0.4) is 0 Å². The lowest BCUT2D eigenvalue weighted by molar-refractivity contribution is -0.385. The number of rotatable bonds is 7. The first kappa shape index (κ1) is 18.3. The summed E-state index contributed by atoms with van der Waals surface area (Å²) in [5.41, 5.74) is 3.42. The van der Waals surface area contributed by atoms with Crippen molar-refractivity contribution in [3.8, 4) is 0 Å². The zero-order valence-electron chi connectivity index (χ0n) is 15.1. The van der Waals surface area contributed by atoms with E-state index in [-0.39, 0.29) is 11.6 Å². The van der Waals surface area contributed by atoms with Gasteiger partial charge in [0.05, 0.1) is 17.7 Å². The third-order valence-electron chi connectivity index (χ3n) is 4.33. The average Bonchev–Trinajstić information content (AvgIpc) is 3.27. The highest BCUT2D eigenvalue weighted by molar-refractivity contribution is 5.94. The van der Waals surface area contributed by atoms with Crippen molar-refractivity contribution in [2.45, 2.75) is 33.5 Å². The lowest BCUT2D eigenvalue weighted by atomic mass is 10.1. The van der Waals surface area contributed by atoms with Crippen LogP contribution >= 0.6 is 0 Å². The number of carbonyl (C=O) groups is 1. The monoisotopic (exact) mass is 368 g/mol. The van der Waals surface area contributed by atoms with Gasteiger partial charge in [-0.2, -0.15) is 10.2 Å². The summed E-state index contributed by atoms with van der Waals surface area (Å²) in [6.07, 6.45) is 4.36. The fourth-order valence-electron chi connectivity index (χ4n) is 2.74. The number of benzene rings is 1. The third kappa shape index (κ3) is 4.20. The molecule has 2 aromatic heterocycles. The van der Waals surface area contributed by atoms with Gasteiger partial charge in [0.15, 0.2) is 0 Å². The van der Waals surface area contributed by atoms with Crippen LogP contribution in [0.25, 0.3) is 0 Å². The number of amides is 1. The molecule has 0 aliphatic carbocycles. The van der Waals surface area contributed by atoms with Gasteiger partial charge in [0, 0.05) is 29.9 Å². The molecule has 1 amide bonds. The van der Waals surface area contributed by atoms with E-state index >= 15 is 0 Å². The molecule has 3 aromatic rings. The van der Waals surface area contributed by atoms with Crippen molar-refractivity contribution in [2.75, 3.05) is 0 Å². The summed E-state index contributed by atoms with van der Waals surface area (Å²) in [5.74, 6) is -0.167. The second-order valence-electron chi connectivity index (χ2n) is 6.10. The maximum Gasteiger partial charge on any atom is 0.307 e. The fourth-order valence-corrected chi connectivity index (χ4v) is 2.74. The summed E-state index contributed by atoms with van der Waals surface area (Å²) in [4.78, 5) is 22.5. The molecule has 1 aromatic carbocycles. The van der Waals surface area contributed by atoms with Gasteiger partial charge in [0.25, 0.3) is 5.91 Å². The van der Waals surface area contributed by atoms with Crippen LogP contribution in [0.4, 0.5) is 5.69 Å². The second-order valence-corrected chi connectivity index (χ2v) is 6.10. The Morgan fingerprint density at radius 2 is 1.96 bits per heavy atom. The molecule has 27 heavy (non-hydrogen) atoms. The van der Waals surface area contributed by atoms with Crippen LogP contribution in [0, 0.1) is 17.0 Å². The van der Waals surface area contributed by atoms with E-state index in [4.69, 9.17) is 0 Å². The first-order valence-electron chi connectivity index (χ1n) is 8.53. The molecule has 0 fully saturated rings. The van der Waals surface area contributed by atoms with Gasteiger partial charge in [0.2, 0.25) is 0 Å². The van der Waals surface area contributed by atoms with Crippen molar-refractivity contribution in [1.82, 2.24) is 24.9 Å². The van der Waals surface area contributed by atoms with Crippen LogP contribution < -0.4 is 5.32 Å². The maximum atomic E-state index is 12.3. The first-order chi connectivity index (χ1) is 13.0. The molecule has 0 spiro atoms. The van der Waals surface area contributed by atoms with Crippen molar-refractivity contribution in [3.63, 3.8) is 0 Å². The second kappa shape index (κ2) is 7.81. The Balaban J connectivity index is 1.59. The van der Waals surface area contributed by atoms with Gasteiger partial charge in [-0.05, 0) is 31.5 Å². The Morgan fingerprint density at radius 3 is 2.56 bits per heavy atom. The van der Waals surface area contributed by atoms with E-state index < -0.39 is 4.92 Å². The van der Waals surface area contributed by atoms with Crippen molar-refractivity contribution in [2.24, 2.45) is 0 Å². The maximum absolute atomic E-state index is 12.3. The molecule has 9 nitrogen and oxygen atoms in total. The van der Waals surface area contributed by atoms with Crippen LogP contribution in [0.5, 0.6) is 0 Å². The molecule has 140 valence electrons. The van der Waals surface area contributed by atoms with Crippen LogP contribution in [0.15, 0.2) is 42.9 Å². The first-order valence-corrected chi connectivity index (χ1v) is 8.53. The minimum absolute atomic E-state index is 0.0484. The molecule has 0 bridgehead atoms. The number of nitro groups is 1. The average molecular weight is 368 g/mol. The number of aromatic nitrogens is 4. The summed E-state index contributed by atoms with van der Waals surface area (Å²) in [6, 6.07) is 7.07. The Bertz CT molecular complexity index is 958. The minimum atomic E-state index is -0.483. The van der Waals surface area contributed by atoms with Crippen molar-refractivity contribution in [1.29, 1.82) is 0 Å². The lowest BCUT2D eigenvalue weighted by Gasteiger charge is -2.07.